The summed E-state index contributed by atoms with van der Waals surface area (Å²) in [6, 6.07) is 7.15. The fourth-order valence-electron chi connectivity index (χ4n) is 3.57. The molecule has 21 heavy (non-hydrogen) atoms. The van der Waals surface area contributed by atoms with Gasteiger partial charge in [-0.25, -0.2) is 0 Å². The highest BCUT2D eigenvalue weighted by molar-refractivity contribution is 6.07. The van der Waals surface area contributed by atoms with E-state index in [-0.39, 0.29) is 11.7 Å². The molecule has 0 saturated carbocycles. The van der Waals surface area contributed by atoms with E-state index in [4.69, 9.17) is 0 Å². The number of Topliss-reactive ketones (excluding diaryl/α,β-unsaturated/α-hetero) is 1. The number of ketones is 1. The Morgan fingerprint density at radius 2 is 1.62 bits per heavy atom. The number of carbonyl (C=O) groups is 2. The van der Waals surface area contributed by atoms with Crippen molar-refractivity contribution in [1.29, 1.82) is 0 Å². The molecule has 2 atom stereocenters. The van der Waals surface area contributed by atoms with Crippen LogP contribution in [-0.2, 0) is 0 Å². The molecule has 2 fully saturated rings. The fraction of sp³-hybridized carbons (Fsp3) is 0.529. The lowest BCUT2D eigenvalue weighted by Gasteiger charge is -2.22. The van der Waals surface area contributed by atoms with Gasteiger partial charge in [0.15, 0.2) is 5.78 Å². The topological polar surface area (TPSA) is 49.4 Å². The zero-order chi connectivity index (χ0) is 14.8. The van der Waals surface area contributed by atoms with E-state index in [2.05, 4.69) is 5.32 Å². The molecule has 2 aliphatic rings. The molecule has 0 aliphatic carbocycles. The third-order valence-electron chi connectivity index (χ3n) is 4.84. The van der Waals surface area contributed by atoms with Crippen molar-refractivity contribution < 1.29 is 9.59 Å². The lowest BCUT2D eigenvalue weighted by molar-refractivity contribution is 0.0753. The first-order valence-corrected chi connectivity index (χ1v) is 7.77. The minimum Gasteiger partial charge on any atom is -0.339 e. The minimum absolute atomic E-state index is 0.00809. The van der Waals surface area contributed by atoms with Crippen LogP contribution in [0.5, 0.6) is 0 Å². The van der Waals surface area contributed by atoms with Crippen molar-refractivity contribution in [3.63, 3.8) is 0 Å². The molecule has 0 spiro atoms. The van der Waals surface area contributed by atoms with Gasteiger partial charge in [-0.15, -0.1) is 0 Å². The monoisotopic (exact) mass is 286 g/mol. The maximum Gasteiger partial charge on any atom is 0.254 e. The molecule has 2 aliphatic heterocycles. The van der Waals surface area contributed by atoms with Crippen LogP contribution in [0.3, 0.4) is 0 Å². The normalized spacial score (nSPS) is 25.3. The van der Waals surface area contributed by atoms with Crippen LogP contribution in [0, 0.1) is 11.8 Å². The van der Waals surface area contributed by atoms with Crippen LogP contribution in [0.15, 0.2) is 24.3 Å². The van der Waals surface area contributed by atoms with E-state index >= 15 is 0 Å². The summed E-state index contributed by atoms with van der Waals surface area (Å²) >= 11 is 0. The summed E-state index contributed by atoms with van der Waals surface area (Å²) in [5.74, 6) is 1.36. The molecule has 2 saturated heterocycles. The van der Waals surface area contributed by atoms with Gasteiger partial charge in [0.05, 0.1) is 5.56 Å². The summed E-state index contributed by atoms with van der Waals surface area (Å²) in [4.78, 5) is 26.4. The number of nitrogens with one attached hydrogen (secondary N) is 1. The second-order valence-electron chi connectivity index (χ2n) is 6.15. The predicted octanol–water partition coefficient (Wildman–Crippen LogP) is 1.96. The Bertz CT molecular complexity index is 541. The molecule has 2 heterocycles. The quantitative estimate of drug-likeness (QED) is 0.846. The number of likely N-dealkylation sites (tertiary alicyclic amines) is 1. The van der Waals surface area contributed by atoms with Crippen molar-refractivity contribution in [2.24, 2.45) is 11.8 Å². The summed E-state index contributed by atoms with van der Waals surface area (Å²) in [6.07, 6.45) is 2.12. The number of hydrogen-bond acceptors (Lipinski definition) is 3. The van der Waals surface area contributed by atoms with Crippen LogP contribution in [-0.4, -0.2) is 42.8 Å². The number of carbonyl (C=O) groups excluding carboxylic acids is 2. The van der Waals surface area contributed by atoms with Gasteiger partial charge in [0.25, 0.3) is 5.91 Å². The van der Waals surface area contributed by atoms with Gasteiger partial charge < -0.3 is 10.2 Å². The highest BCUT2D eigenvalue weighted by Gasteiger charge is 2.32. The highest BCUT2D eigenvalue weighted by Crippen LogP contribution is 2.28. The second kappa shape index (κ2) is 5.98. The first kappa shape index (κ1) is 14.3. The summed E-state index contributed by atoms with van der Waals surface area (Å²) in [5.41, 5.74) is 1.09. The van der Waals surface area contributed by atoms with E-state index in [1.807, 2.05) is 17.0 Å². The van der Waals surface area contributed by atoms with E-state index in [0.717, 1.165) is 39.0 Å². The number of benzene rings is 1. The van der Waals surface area contributed by atoms with Crippen molar-refractivity contribution in [2.75, 3.05) is 26.2 Å². The Morgan fingerprint density at radius 1 is 1.05 bits per heavy atom. The van der Waals surface area contributed by atoms with Crippen molar-refractivity contribution in [3.8, 4) is 0 Å². The van der Waals surface area contributed by atoms with Crippen LogP contribution in [0.4, 0.5) is 0 Å². The number of hydrogen-bond donors (Lipinski definition) is 1. The molecule has 1 N–H and O–H groups in total. The maximum absolute atomic E-state index is 12.8. The lowest BCUT2D eigenvalue weighted by atomic mass is 9.92. The SMILES string of the molecule is CC(=O)c1ccccc1C(=O)N1CC[C@@H]2CNC[C@@H]2CC1. The number of nitrogens with zero attached hydrogens (tertiary/aromatic N) is 1. The van der Waals surface area contributed by atoms with Crippen molar-refractivity contribution in [1.82, 2.24) is 10.2 Å². The Morgan fingerprint density at radius 3 is 2.19 bits per heavy atom. The Hall–Kier alpha value is -1.68. The summed E-state index contributed by atoms with van der Waals surface area (Å²) in [5, 5.41) is 3.44. The second-order valence-corrected chi connectivity index (χ2v) is 6.15. The molecule has 1 aromatic rings. The van der Waals surface area contributed by atoms with Gasteiger partial charge in [-0.3, -0.25) is 9.59 Å². The standard InChI is InChI=1S/C17H22N2O2/c1-12(20)15-4-2-3-5-16(15)17(21)19-8-6-13-10-18-11-14(13)7-9-19/h2-5,13-14,18H,6-11H2,1H3/t13-,14+. The van der Waals surface area contributed by atoms with Crippen LogP contribution >= 0.6 is 0 Å². The van der Waals surface area contributed by atoms with Gasteiger partial charge in [-0.05, 0) is 50.8 Å². The number of rotatable bonds is 2. The Kier molecular flexibility index (Phi) is 4.06. The number of fused-ring (bicyclic) bond motifs is 1. The molecular formula is C17H22N2O2. The highest BCUT2D eigenvalue weighted by atomic mass is 16.2. The summed E-state index contributed by atoms with van der Waals surface area (Å²) in [6.45, 7) is 5.28. The number of amides is 1. The third-order valence-corrected chi connectivity index (χ3v) is 4.84. The molecule has 1 amide bonds. The van der Waals surface area contributed by atoms with Gasteiger partial charge >= 0.3 is 0 Å². The van der Waals surface area contributed by atoms with Crippen LogP contribution in [0.2, 0.25) is 0 Å². The van der Waals surface area contributed by atoms with Gasteiger partial charge in [-0.2, -0.15) is 0 Å². The van der Waals surface area contributed by atoms with Crippen molar-refractivity contribution in [2.45, 2.75) is 19.8 Å². The molecule has 4 nitrogen and oxygen atoms in total. The Labute approximate surface area is 125 Å². The van der Waals surface area contributed by atoms with Gasteiger partial charge in [0.2, 0.25) is 0 Å². The fourth-order valence-corrected chi connectivity index (χ4v) is 3.57. The molecule has 112 valence electrons. The van der Waals surface area contributed by atoms with Crippen LogP contribution in [0.25, 0.3) is 0 Å². The molecular weight excluding hydrogens is 264 g/mol. The first-order chi connectivity index (χ1) is 10.2. The molecule has 1 aromatic carbocycles. The third kappa shape index (κ3) is 2.86. The van der Waals surface area contributed by atoms with Gasteiger partial charge in [-0.1, -0.05) is 18.2 Å². The summed E-state index contributed by atoms with van der Waals surface area (Å²) < 4.78 is 0. The average molecular weight is 286 g/mol. The molecule has 4 heteroatoms. The molecule has 3 rings (SSSR count). The van der Waals surface area contributed by atoms with Gasteiger partial charge in [0.1, 0.15) is 0 Å². The molecule has 0 aromatic heterocycles. The van der Waals surface area contributed by atoms with E-state index in [0.29, 0.717) is 23.0 Å². The zero-order valence-corrected chi connectivity index (χ0v) is 12.5. The molecule has 0 bridgehead atoms. The largest absolute Gasteiger partial charge is 0.339 e. The predicted molar refractivity (Wildman–Crippen MR) is 81.4 cm³/mol. The van der Waals surface area contributed by atoms with E-state index in [1.165, 1.54) is 6.92 Å². The summed E-state index contributed by atoms with van der Waals surface area (Å²) in [7, 11) is 0. The van der Waals surface area contributed by atoms with Crippen LogP contribution in [0.1, 0.15) is 40.5 Å². The minimum atomic E-state index is -0.0464. The van der Waals surface area contributed by atoms with Crippen molar-refractivity contribution in [3.05, 3.63) is 35.4 Å². The zero-order valence-electron chi connectivity index (χ0n) is 12.5. The van der Waals surface area contributed by atoms with E-state index < -0.39 is 0 Å². The van der Waals surface area contributed by atoms with E-state index in [1.54, 1.807) is 12.1 Å². The maximum atomic E-state index is 12.8. The lowest BCUT2D eigenvalue weighted by Crippen LogP contribution is -2.33. The van der Waals surface area contributed by atoms with Gasteiger partial charge in [0, 0.05) is 18.7 Å². The average Bonchev–Trinajstić information content (AvgIpc) is 2.85. The Balaban J connectivity index is 1.78. The van der Waals surface area contributed by atoms with Crippen LogP contribution < -0.4 is 5.32 Å². The van der Waals surface area contributed by atoms with E-state index in [9.17, 15) is 9.59 Å². The molecule has 0 unspecified atom stereocenters. The van der Waals surface area contributed by atoms with Crippen molar-refractivity contribution >= 4 is 11.7 Å². The smallest absolute Gasteiger partial charge is 0.254 e. The molecule has 0 radical (unpaired) electrons. The first-order valence-electron chi connectivity index (χ1n) is 7.77.